The van der Waals surface area contributed by atoms with Gasteiger partial charge in [-0.1, -0.05) is 18.2 Å². The van der Waals surface area contributed by atoms with E-state index in [2.05, 4.69) is 15.9 Å². The largest absolute Gasteiger partial charge is 0.449 e. The summed E-state index contributed by atoms with van der Waals surface area (Å²) in [6.07, 6.45) is -0.568. The third-order valence-electron chi connectivity index (χ3n) is 2.73. The van der Waals surface area contributed by atoms with Gasteiger partial charge in [0.15, 0.2) is 0 Å². The molecule has 0 heterocycles. The summed E-state index contributed by atoms with van der Waals surface area (Å²) in [5, 5.41) is 20.4. The van der Waals surface area contributed by atoms with Crippen molar-refractivity contribution in [2.24, 2.45) is 0 Å². The summed E-state index contributed by atoms with van der Waals surface area (Å²) in [5.41, 5.74) is 0.637. The molecule has 1 atom stereocenters. The van der Waals surface area contributed by atoms with Crippen molar-refractivity contribution >= 4 is 21.6 Å². The fourth-order valence-electron chi connectivity index (χ4n) is 1.67. The van der Waals surface area contributed by atoms with Crippen LogP contribution in [0.3, 0.4) is 0 Å². The zero-order chi connectivity index (χ0) is 14.7. The molecule has 2 rings (SSSR count). The van der Waals surface area contributed by atoms with Gasteiger partial charge in [0.1, 0.15) is 5.75 Å². The Morgan fingerprint density at radius 3 is 2.45 bits per heavy atom. The van der Waals surface area contributed by atoms with Crippen LogP contribution in [0.15, 0.2) is 46.9 Å². The van der Waals surface area contributed by atoms with E-state index in [0.717, 1.165) is 5.56 Å². The van der Waals surface area contributed by atoms with E-state index in [1.807, 2.05) is 0 Å². The minimum absolute atomic E-state index is 0.112. The zero-order valence-electron chi connectivity index (χ0n) is 10.6. The van der Waals surface area contributed by atoms with Crippen LogP contribution >= 0.6 is 15.9 Å². The minimum Gasteiger partial charge on any atom is -0.449 e. The van der Waals surface area contributed by atoms with Gasteiger partial charge in [-0.2, -0.15) is 0 Å². The van der Waals surface area contributed by atoms with E-state index >= 15 is 0 Å². The molecule has 0 aliphatic rings. The quantitative estimate of drug-likeness (QED) is 0.670. The van der Waals surface area contributed by atoms with Crippen molar-refractivity contribution in [3.05, 3.63) is 62.6 Å². The number of hydrogen-bond acceptors (Lipinski definition) is 4. The molecule has 6 heteroatoms. The number of rotatable bonds is 4. The van der Waals surface area contributed by atoms with E-state index in [1.165, 1.54) is 6.07 Å². The minimum atomic E-state index is -0.568. The first-order chi connectivity index (χ1) is 9.49. The first kappa shape index (κ1) is 14.5. The summed E-state index contributed by atoms with van der Waals surface area (Å²) < 4.78 is 6.07. The average molecular weight is 338 g/mol. The molecule has 0 saturated heterocycles. The fourth-order valence-corrected chi connectivity index (χ4v) is 2.11. The van der Waals surface area contributed by atoms with Gasteiger partial charge in [-0.15, -0.1) is 0 Å². The molecular formula is C14H12BrNO4. The summed E-state index contributed by atoms with van der Waals surface area (Å²) >= 11 is 3.24. The predicted octanol–water partition coefficient (Wildman–Crippen LogP) is 4.20. The second kappa shape index (κ2) is 6.02. The highest BCUT2D eigenvalue weighted by Gasteiger charge is 2.18. The first-order valence-electron chi connectivity index (χ1n) is 5.88. The molecule has 0 aliphatic carbocycles. The number of aliphatic hydroxyl groups excluding tert-OH is 1. The Bertz CT molecular complexity index is 626. The highest BCUT2D eigenvalue weighted by molar-refractivity contribution is 9.10. The molecule has 0 saturated carbocycles. The Balaban J connectivity index is 2.32. The number of ether oxygens (including phenoxy) is 1. The highest BCUT2D eigenvalue weighted by atomic mass is 79.9. The topological polar surface area (TPSA) is 72.6 Å². The Labute approximate surface area is 124 Å². The van der Waals surface area contributed by atoms with Gasteiger partial charge in [-0.3, -0.25) is 10.1 Å². The summed E-state index contributed by atoms with van der Waals surface area (Å²) in [6.45, 7) is 1.66. The molecule has 0 spiro atoms. The summed E-state index contributed by atoms with van der Waals surface area (Å²) in [6, 6.07) is 11.4. The van der Waals surface area contributed by atoms with Crippen LogP contribution in [0.4, 0.5) is 5.69 Å². The third-order valence-corrected chi connectivity index (χ3v) is 3.35. The molecule has 2 aromatic rings. The second-order valence-corrected chi connectivity index (χ2v) is 5.05. The van der Waals surface area contributed by atoms with Crippen LogP contribution < -0.4 is 4.74 Å². The maximum absolute atomic E-state index is 11.0. The van der Waals surface area contributed by atoms with Crippen LogP contribution in [0.5, 0.6) is 11.5 Å². The lowest BCUT2D eigenvalue weighted by atomic mass is 10.1. The molecule has 0 unspecified atom stereocenters. The normalized spacial score (nSPS) is 11.9. The van der Waals surface area contributed by atoms with Gasteiger partial charge in [-0.25, -0.2) is 0 Å². The molecule has 0 aliphatic heterocycles. The van der Waals surface area contributed by atoms with Crippen LogP contribution in [0.1, 0.15) is 18.6 Å². The van der Waals surface area contributed by atoms with Crippen molar-refractivity contribution in [3.63, 3.8) is 0 Å². The molecule has 0 amide bonds. The molecule has 0 radical (unpaired) electrons. The molecule has 0 bridgehead atoms. The maximum Gasteiger partial charge on any atom is 0.312 e. The van der Waals surface area contributed by atoms with Gasteiger partial charge in [0.25, 0.3) is 0 Å². The zero-order valence-corrected chi connectivity index (χ0v) is 12.2. The van der Waals surface area contributed by atoms with E-state index < -0.39 is 11.0 Å². The lowest BCUT2D eigenvalue weighted by Gasteiger charge is -2.09. The number of hydrogen-bond donors (Lipinski definition) is 1. The van der Waals surface area contributed by atoms with Crippen molar-refractivity contribution in [2.45, 2.75) is 13.0 Å². The first-order valence-corrected chi connectivity index (χ1v) is 6.67. The SMILES string of the molecule is C[C@H](O)c1ccc(Oc2c(Br)cccc2[N+](=O)[O-])cc1. The van der Waals surface area contributed by atoms with E-state index in [0.29, 0.717) is 10.2 Å². The molecule has 5 nitrogen and oxygen atoms in total. The summed E-state index contributed by atoms with van der Waals surface area (Å²) in [4.78, 5) is 10.5. The Morgan fingerprint density at radius 2 is 1.90 bits per heavy atom. The monoisotopic (exact) mass is 337 g/mol. The van der Waals surface area contributed by atoms with E-state index in [9.17, 15) is 15.2 Å². The van der Waals surface area contributed by atoms with Gasteiger partial charge in [0, 0.05) is 6.07 Å². The van der Waals surface area contributed by atoms with E-state index in [1.54, 1.807) is 43.3 Å². The van der Waals surface area contributed by atoms with Gasteiger partial charge in [0.05, 0.1) is 15.5 Å². The van der Waals surface area contributed by atoms with Crippen molar-refractivity contribution in [3.8, 4) is 11.5 Å². The predicted molar refractivity (Wildman–Crippen MR) is 77.9 cm³/mol. The van der Waals surface area contributed by atoms with Crippen LogP contribution in [-0.2, 0) is 0 Å². The molecule has 1 N–H and O–H groups in total. The average Bonchev–Trinajstić information content (AvgIpc) is 2.41. The van der Waals surface area contributed by atoms with Gasteiger partial charge < -0.3 is 9.84 Å². The van der Waals surface area contributed by atoms with Gasteiger partial charge >= 0.3 is 5.69 Å². The molecule has 20 heavy (non-hydrogen) atoms. The Hall–Kier alpha value is -1.92. The molecular weight excluding hydrogens is 326 g/mol. The molecule has 104 valence electrons. The number of halogens is 1. The standard InChI is InChI=1S/C14H12BrNO4/c1-9(17)10-5-7-11(8-6-10)20-14-12(15)3-2-4-13(14)16(18)19/h2-9,17H,1H3/t9-/m0/s1. The fraction of sp³-hybridized carbons (Fsp3) is 0.143. The lowest BCUT2D eigenvalue weighted by molar-refractivity contribution is -0.385. The second-order valence-electron chi connectivity index (χ2n) is 4.19. The molecule has 2 aromatic carbocycles. The van der Waals surface area contributed by atoms with Crippen molar-refractivity contribution in [1.82, 2.24) is 0 Å². The third kappa shape index (κ3) is 3.15. The number of para-hydroxylation sites is 1. The molecule has 0 aromatic heterocycles. The number of nitro benzene ring substituents is 1. The van der Waals surface area contributed by atoms with Crippen LogP contribution in [0, 0.1) is 10.1 Å². The lowest BCUT2D eigenvalue weighted by Crippen LogP contribution is -1.95. The van der Waals surface area contributed by atoms with Gasteiger partial charge in [0.2, 0.25) is 5.75 Å². The summed E-state index contributed by atoms with van der Waals surface area (Å²) in [7, 11) is 0. The number of aliphatic hydroxyl groups is 1. The number of nitro groups is 1. The molecule has 0 fully saturated rings. The van der Waals surface area contributed by atoms with Crippen molar-refractivity contribution in [2.75, 3.05) is 0 Å². The smallest absolute Gasteiger partial charge is 0.312 e. The highest BCUT2D eigenvalue weighted by Crippen LogP contribution is 2.38. The maximum atomic E-state index is 11.0. The van der Waals surface area contributed by atoms with Gasteiger partial charge in [-0.05, 0) is 46.6 Å². The van der Waals surface area contributed by atoms with Crippen LogP contribution in [0.2, 0.25) is 0 Å². The Kier molecular flexibility index (Phi) is 4.36. The number of nitrogens with zero attached hydrogens (tertiary/aromatic N) is 1. The van der Waals surface area contributed by atoms with Crippen LogP contribution in [0.25, 0.3) is 0 Å². The summed E-state index contributed by atoms with van der Waals surface area (Å²) in [5.74, 6) is 0.617. The Morgan fingerprint density at radius 1 is 1.25 bits per heavy atom. The number of benzene rings is 2. The van der Waals surface area contributed by atoms with Crippen LogP contribution in [-0.4, -0.2) is 10.0 Å². The van der Waals surface area contributed by atoms with E-state index in [-0.39, 0.29) is 11.4 Å². The van der Waals surface area contributed by atoms with Crippen molar-refractivity contribution in [1.29, 1.82) is 0 Å². The van der Waals surface area contributed by atoms with E-state index in [4.69, 9.17) is 4.74 Å². The van der Waals surface area contributed by atoms with Crippen molar-refractivity contribution < 1.29 is 14.8 Å².